The van der Waals surface area contributed by atoms with E-state index in [1.165, 1.54) is 18.2 Å². The van der Waals surface area contributed by atoms with E-state index in [1.54, 1.807) is 0 Å². The molecule has 0 aliphatic carbocycles. The van der Waals surface area contributed by atoms with Crippen LogP contribution in [-0.2, 0) is 25.8 Å². The Balaban J connectivity index is 2.00. The van der Waals surface area contributed by atoms with Crippen molar-refractivity contribution >= 4 is 33.4 Å². The lowest BCUT2D eigenvalue weighted by Gasteiger charge is -2.35. The van der Waals surface area contributed by atoms with E-state index < -0.39 is 51.3 Å². The van der Waals surface area contributed by atoms with Crippen LogP contribution >= 0.6 is 0 Å². The molecule has 1 atom stereocenters. The fraction of sp³-hybridized carbons (Fsp3) is 0.333. The Morgan fingerprint density at radius 1 is 1.23 bits per heavy atom. The molecule has 35 heavy (non-hydrogen) atoms. The Bertz CT molecular complexity index is 1200. The lowest BCUT2D eigenvalue weighted by Crippen LogP contribution is -2.45. The average molecular weight is 517 g/mol. The zero-order valence-corrected chi connectivity index (χ0v) is 19.1. The Kier molecular flexibility index (Phi) is 7.75. The van der Waals surface area contributed by atoms with E-state index >= 15 is 0 Å². The minimum Gasteiger partial charge on any atom is -0.486 e. The number of carbonyl (C=O) groups excluding carboxylic acids is 1. The van der Waals surface area contributed by atoms with Gasteiger partial charge in [0.25, 0.3) is 10.0 Å². The maximum absolute atomic E-state index is 13.4. The van der Waals surface area contributed by atoms with Crippen LogP contribution in [0.25, 0.3) is 0 Å². The highest BCUT2D eigenvalue weighted by Gasteiger charge is 2.37. The van der Waals surface area contributed by atoms with Crippen LogP contribution in [0.15, 0.2) is 47.4 Å². The SMILES string of the molecule is CCCONC(=O)CC1CN(S(=O)(=O)c2cccc(C(F)(F)F)c2)c2cc(NC(=O)O)ccc2O1. The van der Waals surface area contributed by atoms with Crippen molar-refractivity contribution in [3.63, 3.8) is 0 Å². The van der Waals surface area contributed by atoms with Gasteiger partial charge in [-0.3, -0.25) is 19.3 Å². The van der Waals surface area contributed by atoms with Gasteiger partial charge in [0.2, 0.25) is 5.91 Å². The summed E-state index contributed by atoms with van der Waals surface area (Å²) in [5.74, 6) is -0.595. The highest BCUT2D eigenvalue weighted by molar-refractivity contribution is 7.92. The first-order chi connectivity index (χ1) is 16.4. The van der Waals surface area contributed by atoms with Crippen molar-refractivity contribution in [3.05, 3.63) is 48.0 Å². The van der Waals surface area contributed by atoms with Gasteiger partial charge in [-0.2, -0.15) is 13.2 Å². The summed E-state index contributed by atoms with van der Waals surface area (Å²) in [5.41, 5.74) is 0.956. The molecule has 1 heterocycles. The summed E-state index contributed by atoms with van der Waals surface area (Å²) in [4.78, 5) is 27.5. The van der Waals surface area contributed by atoms with Gasteiger partial charge in [0, 0.05) is 5.69 Å². The van der Waals surface area contributed by atoms with Gasteiger partial charge in [0.05, 0.1) is 35.7 Å². The fourth-order valence-electron chi connectivity index (χ4n) is 3.29. The first kappa shape index (κ1) is 26.1. The largest absolute Gasteiger partial charge is 0.486 e. The fourth-order valence-corrected chi connectivity index (χ4v) is 4.83. The normalized spacial score (nSPS) is 15.7. The summed E-state index contributed by atoms with van der Waals surface area (Å²) in [6, 6.07) is 7.01. The molecule has 10 nitrogen and oxygen atoms in total. The number of nitrogens with one attached hydrogen (secondary N) is 2. The predicted octanol–water partition coefficient (Wildman–Crippen LogP) is 3.60. The summed E-state index contributed by atoms with van der Waals surface area (Å²) in [5, 5.41) is 11.1. The van der Waals surface area contributed by atoms with Crippen LogP contribution in [0.3, 0.4) is 0 Å². The molecule has 3 rings (SSSR count). The second kappa shape index (κ2) is 10.4. The molecule has 0 saturated heterocycles. The number of carboxylic acid groups (broad SMARTS) is 1. The smallest absolute Gasteiger partial charge is 0.416 e. The average Bonchev–Trinajstić information content (AvgIpc) is 2.78. The number of carbonyl (C=O) groups is 2. The van der Waals surface area contributed by atoms with E-state index in [-0.39, 0.29) is 30.2 Å². The Morgan fingerprint density at radius 2 is 1.97 bits per heavy atom. The summed E-state index contributed by atoms with van der Waals surface area (Å²) < 4.78 is 73.0. The molecule has 0 saturated carbocycles. The highest BCUT2D eigenvalue weighted by Crippen LogP contribution is 2.40. The number of amides is 2. The second-order valence-electron chi connectivity index (χ2n) is 7.49. The number of sulfonamides is 1. The van der Waals surface area contributed by atoms with Crippen molar-refractivity contribution in [1.29, 1.82) is 0 Å². The first-order valence-electron chi connectivity index (χ1n) is 10.3. The van der Waals surface area contributed by atoms with E-state index in [2.05, 4.69) is 10.8 Å². The minimum absolute atomic E-state index is 0.00461. The molecule has 2 aromatic rings. The van der Waals surface area contributed by atoms with Gasteiger partial charge in [-0.15, -0.1) is 0 Å². The van der Waals surface area contributed by atoms with Crippen molar-refractivity contribution in [1.82, 2.24) is 5.48 Å². The molecule has 1 unspecified atom stereocenters. The zero-order valence-electron chi connectivity index (χ0n) is 18.3. The van der Waals surface area contributed by atoms with Gasteiger partial charge in [0.1, 0.15) is 11.9 Å². The molecule has 0 radical (unpaired) electrons. The van der Waals surface area contributed by atoms with Crippen LogP contribution in [-0.4, -0.2) is 44.8 Å². The molecular weight excluding hydrogens is 495 g/mol. The van der Waals surface area contributed by atoms with Crippen molar-refractivity contribution in [2.75, 3.05) is 22.8 Å². The number of hydrogen-bond acceptors (Lipinski definition) is 6. The molecule has 1 aliphatic rings. The van der Waals surface area contributed by atoms with Crippen LogP contribution < -0.4 is 19.8 Å². The third kappa shape index (κ3) is 6.33. The number of anilines is 2. The highest BCUT2D eigenvalue weighted by atomic mass is 32.2. The Labute approximate surface area is 198 Å². The van der Waals surface area contributed by atoms with Crippen molar-refractivity contribution in [2.24, 2.45) is 0 Å². The molecule has 2 aromatic carbocycles. The monoisotopic (exact) mass is 517 g/mol. The van der Waals surface area contributed by atoms with Gasteiger partial charge in [-0.1, -0.05) is 13.0 Å². The molecule has 14 heteroatoms. The van der Waals surface area contributed by atoms with E-state index in [4.69, 9.17) is 14.7 Å². The number of hydrogen-bond donors (Lipinski definition) is 3. The van der Waals surface area contributed by atoms with Gasteiger partial charge in [0.15, 0.2) is 0 Å². The third-order valence-electron chi connectivity index (χ3n) is 4.80. The van der Waals surface area contributed by atoms with E-state index in [9.17, 15) is 31.2 Å². The lowest BCUT2D eigenvalue weighted by atomic mass is 10.1. The molecule has 190 valence electrons. The lowest BCUT2D eigenvalue weighted by molar-refractivity contribution is -0.138. The standard InChI is InChI=1S/C21H22F3N3O7S/c1-2-8-33-26-19(28)11-15-12-27(17-10-14(25-20(29)30)6-7-18(17)34-15)35(31,32)16-5-3-4-13(9-16)21(22,23)24/h3-7,9-10,15,25H,2,8,11-12H2,1H3,(H,26,28)(H,29,30). The molecule has 3 N–H and O–H groups in total. The Morgan fingerprint density at radius 3 is 2.63 bits per heavy atom. The van der Waals surface area contributed by atoms with Gasteiger partial charge >= 0.3 is 12.3 Å². The van der Waals surface area contributed by atoms with Gasteiger partial charge < -0.3 is 9.84 Å². The summed E-state index contributed by atoms with van der Waals surface area (Å²) in [7, 11) is -4.58. The second-order valence-corrected chi connectivity index (χ2v) is 9.35. The molecular formula is C21H22F3N3O7S. The number of alkyl halides is 3. The van der Waals surface area contributed by atoms with E-state index in [1.807, 2.05) is 6.92 Å². The van der Waals surface area contributed by atoms with E-state index in [0.717, 1.165) is 22.5 Å². The van der Waals surface area contributed by atoms with Crippen LogP contribution in [0.4, 0.5) is 29.3 Å². The van der Waals surface area contributed by atoms with Gasteiger partial charge in [-0.25, -0.2) is 18.7 Å². The Hall–Kier alpha value is -3.52. The maximum atomic E-state index is 13.4. The zero-order chi connectivity index (χ0) is 25.8. The van der Waals surface area contributed by atoms with Crippen LogP contribution in [0, 0.1) is 0 Å². The number of nitrogens with zero attached hydrogens (tertiary/aromatic N) is 1. The van der Waals surface area contributed by atoms with Crippen LogP contribution in [0.2, 0.25) is 0 Å². The van der Waals surface area contributed by atoms with E-state index in [0.29, 0.717) is 12.5 Å². The van der Waals surface area contributed by atoms with Crippen molar-refractivity contribution in [2.45, 2.75) is 36.9 Å². The number of ether oxygens (including phenoxy) is 1. The first-order valence-corrected chi connectivity index (χ1v) is 11.8. The van der Waals surface area contributed by atoms with Crippen molar-refractivity contribution < 1.29 is 45.9 Å². The number of benzene rings is 2. The minimum atomic E-state index is -4.77. The van der Waals surface area contributed by atoms with Crippen LogP contribution in [0.5, 0.6) is 5.75 Å². The topological polar surface area (TPSA) is 134 Å². The molecule has 0 fully saturated rings. The number of fused-ring (bicyclic) bond motifs is 1. The third-order valence-corrected chi connectivity index (χ3v) is 6.57. The number of hydroxylamine groups is 1. The van der Waals surface area contributed by atoms with Crippen LogP contribution in [0.1, 0.15) is 25.3 Å². The molecule has 0 spiro atoms. The summed E-state index contributed by atoms with van der Waals surface area (Å²) in [6.07, 6.45) is -6.86. The number of rotatable bonds is 8. The molecule has 0 bridgehead atoms. The molecule has 0 aromatic heterocycles. The van der Waals surface area contributed by atoms with Gasteiger partial charge in [-0.05, 0) is 42.8 Å². The molecule has 1 aliphatic heterocycles. The van der Waals surface area contributed by atoms with Crippen molar-refractivity contribution in [3.8, 4) is 5.75 Å². The maximum Gasteiger partial charge on any atom is 0.416 e. The summed E-state index contributed by atoms with van der Waals surface area (Å²) in [6.45, 7) is 1.66. The quantitative estimate of drug-likeness (QED) is 0.360. The number of halogens is 3. The predicted molar refractivity (Wildman–Crippen MR) is 117 cm³/mol. The summed E-state index contributed by atoms with van der Waals surface area (Å²) >= 11 is 0. The molecule has 2 amide bonds.